The summed E-state index contributed by atoms with van der Waals surface area (Å²) in [5.74, 6) is 0.368. The van der Waals surface area contributed by atoms with Gasteiger partial charge in [0.05, 0.1) is 23.1 Å². The van der Waals surface area contributed by atoms with Gasteiger partial charge in [0.25, 0.3) is 5.91 Å². The number of ether oxygens (including phenoxy) is 1. The van der Waals surface area contributed by atoms with Gasteiger partial charge in [-0.15, -0.1) is 0 Å². The van der Waals surface area contributed by atoms with Crippen LogP contribution in [0.3, 0.4) is 0 Å². The number of hydrogen-bond donors (Lipinski definition) is 1. The molecule has 0 saturated carbocycles. The van der Waals surface area contributed by atoms with Crippen LogP contribution in [0.1, 0.15) is 27.4 Å². The Balaban J connectivity index is 1.46. The number of aromatic nitrogens is 4. The fraction of sp³-hybridized carbons (Fsp3) is 0.130. The van der Waals surface area contributed by atoms with Gasteiger partial charge in [0, 0.05) is 17.1 Å². The van der Waals surface area contributed by atoms with E-state index >= 15 is 0 Å². The molecule has 4 rings (SSSR count). The summed E-state index contributed by atoms with van der Waals surface area (Å²) in [6, 6.07) is 18.9. The van der Waals surface area contributed by atoms with E-state index in [1.165, 1.54) is 0 Å². The third kappa shape index (κ3) is 4.20. The predicted molar refractivity (Wildman–Crippen MR) is 114 cm³/mol. The molecule has 0 radical (unpaired) electrons. The van der Waals surface area contributed by atoms with Crippen LogP contribution < -0.4 is 10.1 Å². The molecule has 0 saturated heterocycles. The zero-order valence-electron chi connectivity index (χ0n) is 17.0. The fourth-order valence-corrected chi connectivity index (χ4v) is 3.11. The maximum atomic E-state index is 12.7. The summed E-state index contributed by atoms with van der Waals surface area (Å²) in [5, 5.41) is 7.24. The molecule has 1 amide bonds. The minimum Gasteiger partial charge on any atom is -0.424 e. The van der Waals surface area contributed by atoms with E-state index < -0.39 is 0 Å². The minimum absolute atomic E-state index is 0.221. The van der Waals surface area contributed by atoms with Gasteiger partial charge in [-0.2, -0.15) is 5.10 Å². The summed E-state index contributed by atoms with van der Waals surface area (Å²) in [6.07, 6.45) is 1.58. The van der Waals surface area contributed by atoms with Crippen molar-refractivity contribution in [3.05, 3.63) is 89.5 Å². The summed E-state index contributed by atoms with van der Waals surface area (Å²) in [5.41, 5.74) is 4.53. The van der Waals surface area contributed by atoms with E-state index in [1.807, 2.05) is 57.2 Å². The quantitative estimate of drug-likeness (QED) is 0.529. The second-order valence-electron chi connectivity index (χ2n) is 6.90. The lowest BCUT2D eigenvalue weighted by atomic mass is 10.2. The third-order valence-corrected chi connectivity index (χ3v) is 4.54. The lowest BCUT2D eigenvalue weighted by molar-refractivity contribution is 0.102. The molecule has 0 aliphatic heterocycles. The highest BCUT2D eigenvalue weighted by Crippen LogP contribution is 2.22. The molecule has 0 fully saturated rings. The Bertz CT molecular complexity index is 1160. The van der Waals surface area contributed by atoms with Gasteiger partial charge in [0.1, 0.15) is 5.75 Å². The van der Waals surface area contributed by atoms with E-state index in [2.05, 4.69) is 20.4 Å². The van der Waals surface area contributed by atoms with Crippen LogP contribution in [0.5, 0.6) is 11.8 Å². The van der Waals surface area contributed by atoms with E-state index in [-0.39, 0.29) is 5.91 Å². The molecule has 30 heavy (non-hydrogen) atoms. The second-order valence-corrected chi connectivity index (χ2v) is 6.90. The number of carbonyl (C=O) groups is 1. The first-order valence-corrected chi connectivity index (χ1v) is 9.51. The van der Waals surface area contributed by atoms with E-state index in [0.717, 1.165) is 22.8 Å². The number of hydrogen-bond acceptors (Lipinski definition) is 5. The van der Waals surface area contributed by atoms with Gasteiger partial charge in [-0.25, -0.2) is 14.6 Å². The molecular weight excluding hydrogens is 378 g/mol. The van der Waals surface area contributed by atoms with Crippen molar-refractivity contribution in [3.63, 3.8) is 0 Å². The van der Waals surface area contributed by atoms with Crippen molar-refractivity contribution in [2.45, 2.75) is 20.8 Å². The molecule has 2 aromatic carbocycles. The van der Waals surface area contributed by atoms with E-state index in [1.54, 1.807) is 35.1 Å². The lowest BCUT2D eigenvalue weighted by Gasteiger charge is -2.08. The van der Waals surface area contributed by atoms with Crippen molar-refractivity contribution >= 4 is 11.6 Å². The number of nitrogens with zero attached hydrogens (tertiary/aromatic N) is 4. The zero-order chi connectivity index (χ0) is 21.1. The number of carbonyl (C=O) groups excluding carboxylic acids is 1. The van der Waals surface area contributed by atoms with Crippen LogP contribution in [0.2, 0.25) is 0 Å². The highest BCUT2D eigenvalue weighted by molar-refractivity contribution is 6.05. The molecule has 0 bridgehead atoms. The number of amides is 1. The SMILES string of the molecule is Cc1cc(C)nc(Oc2ccc(NC(=O)c3cnn(-c4ccccc4)c3C)cc2)n1. The van der Waals surface area contributed by atoms with Crippen molar-refractivity contribution < 1.29 is 9.53 Å². The molecule has 0 unspecified atom stereocenters. The van der Waals surface area contributed by atoms with Gasteiger partial charge < -0.3 is 10.1 Å². The molecule has 7 nitrogen and oxygen atoms in total. The summed E-state index contributed by atoms with van der Waals surface area (Å²) >= 11 is 0. The first-order chi connectivity index (χ1) is 14.5. The van der Waals surface area contributed by atoms with E-state index in [9.17, 15) is 4.79 Å². The average Bonchev–Trinajstić information content (AvgIpc) is 3.11. The highest BCUT2D eigenvalue weighted by Gasteiger charge is 2.15. The normalized spacial score (nSPS) is 10.6. The average molecular weight is 399 g/mol. The maximum absolute atomic E-state index is 12.7. The minimum atomic E-state index is -0.221. The molecule has 0 spiro atoms. The molecule has 2 heterocycles. The number of nitrogens with one attached hydrogen (secondary N) is 1. The fourth-order valence-electron chi connectivity index (χ4n) is 3.11. The van der Waals surface area contributed by atoms with Gasteiger partial charge in [-0.3, -0.25) is 4.79 Å². The van der Waals surface area contributed by atoms with Gasteiger partial charge in [0.15, 0.2) is 0 Å². The second kappa shape index (κ2) is 8.16. The van der Waals surface area contributed by atoms with Crippen LogP contribution in [-0.2, 0) is 0 Å². The molecule has 150 valence electrons. The number of benzene rings is 2. The highest BCUT2D eigenvalue weighted by atomic mass is 16.5. The largest absolute Gasteiger partial charge is 0.424 e. The summed E-state index contributed by atoms with van der Waals surface area (Å²) < 4.78 is 7.45. The smallest absolute Gasteiger partial charge is 0.322 e. The topological polar surface area (TPSA) is 81.9 Å². The summed E-state index contributed by atoms with van der Waals surface area (Å²) in [6.45, 7) is 5.65. The van der Waals surface area contributed by atoms with Gasteiger partial charge in [0.2, 0.25) is 0 Å². The van der Waals surface area contributed by atoms with Gasteiger partial charge in [-0.05, 0) is 63.2 Å². The third-order valence-electron chi connectivity index (χ3n) is 4.54. The van der Waals surface area contributed by atoms with E-state index in [0.29, 0.717) is 23.0 Å². The van der Waals surface area contributed by atoms with Crippen molar-refractivity contribution in [1.29, 1.82) is 0 Å². The molecule has 7 heteroatoms. The molecule has 0 aliphatic rings. The molecule has 4 aromatic rings. The predicted octanol–water partition coefficient (Wildman–Crippen LogP) is 4.63. The summed E-state index contributed by atoms with van der Waals surface area (Å²) in [4.78, 5) is 21.2. The Hall–Kier alpha value is -4.00. The van der Waals surface area contributed by atoms with Crippen LogP contribution in [0.15, 0.2) is 66.9 Å². The van der Waals surface area contributed by atoms with Gasteiger partial charge >= 0.3 is 6.01 Å². The van der Waals surface area contributed by atoms with Crippen molar-refractivity contribution in [1.82, 2.24) is 19.7 Å². The Morgan fingerprint density at radius 1 is 0.933 bits per heavy atom. The molecular formula is C23H21N5O2. The first kappa shape index (κ1) is 19.3. The monoisotopic (exact) mass is 399 g/mol. The first-order valence-electron chi connectivity index (χ1n) is 9.51. The van der Waals surface area contributed by atoms with Crippen LogP contribution in [-0.4, -0.2) is 25.7 Å². The van der Waals surface area contributed by atoms with E-state index in [4.69, 9.17) is 4.74 Å². The number of para-hydroxylation sites is 1. The van der Waals surface area contributed by atoms with Crippen LogP contribution in [0.25, 0.3) is 5.69 Å². The lowest BCUT2D eigenvalue weighted by Crippen LogP contribution is -2.13. The number of anilines is 1. The van der Waals surface area contributed by atoms with Gasteiger partial charge in [-0.1, -0.05) is 18.2 Å². The maximum Gasteiger partial charge on any atom is 0.322 e. The van der Waals surface area contributed by atoms with Crippen LogP contribution in [0.4, 0.5) is 5.69 Å². The Kier molecular flexibility index (Phi) is 5.26. The molecule has 0 aliphatic carbocycles. The molecule has 2 aromatic heterocycles. The summed E-state index contributed by atoms with van der Waals surface area (Å²) in [7, 11) is 0. The molecule has 1 N–H and O–H groups in total. The van der Waals surface area contributed by atoms with Crippen LogP contribution in [0, 0.1) is 20.8 Å². The van der Waals surface area contributed by atoms with Crippen molar-refractivity contribution in [2.24, 2.45) is 0 Å². The number of rotatable bonds is 5. The Morgan fingerprint density at radius 2 is 1.60 bits per heavy atom. The zero-order valence-corrected chi connectivity index (χ0v) is 17.0. The number of aryl methyl sites for hydroxylation is 2. The van der Waals surface area contributed by atoms with Crippen LogP contribution >= 0.6 is 0 Å². The standard InChI is InChI=1S/C23H21N5O2/c1-15-13-16(2)26-23(25-15)30-20-11-9-18(10-12-20)27-22(29)21-14-24-28(17(21)3)19-7-5-4-6-8-19/h4-14H,1-3H3,(H,27,29). The Morgan fingerprint density at radius 3 is 2.27 bits per heavy atom. The van der Waals surface area contributed by atoms with Crippen molar-refractivity contribution in [2.75, 3.05) is 5.32 Å². The molecule has 0 atom stereocenters. The van der Waals surface area contributed by atoms with Crippen molar-refractivity contribution in [3.8, 4) is 17.4 Å². The Labute approximate surface area is 174 Å².